The van der Waals surface area contributed by atoms with E-state index in [0.717, 1.165) is 38.6 Å². The Hall–Kier alpha value is -0.410. The highest BCUT2D eigenvalue weighted by molar-refractivity contribution is 5.86. The van der Waals surface area contributed by atoms with Gasteiger partial charge in [0.2, 0.25) is 0 Å². The van der Waals surface area contributed by atoms with E-state index in [1.54, 1.807) is 0 Å². The summed E-state index contributed by atoms with van der Waals surface area (Å²) in [7, 11) is 0. The summed E-state index contributed by atoms with van der Waals surface area (Å²) in [5, 5.41) is 9.43. The smallest absolute Gasteiger partial charge is 0.149 e. The van der Waals surface area contributed by atoms with E-state index in [9.17, 15) is 9.90 Å². The first-order valence-electron chi connectivity index (χ1n) is 6.15. The van der Waals surface area contributed by atoms with Crippen molar-refractivity contribution in [3.8, 4) is 0 Å². The lowest BCUT2D eigenvalue weighted by Crippen LogP contribution is -2.42. The Morgan fingerprint density at radius 1 is 1.47 bits per heavy atom. The lowest BCUT2D eigenvalue weighted by atomic mass is 10.1. The normalized spacial score (nSPS) is 34.9. The summed E-state index contributed by atoms with van der Waals surface area (Å²) in [6.45, 7) is 2.89. The highest BCUT2D eigenvalue weighted by Crippen LogP contribution is 2.29. The SMILES string of the molecule is CC(O)CC1CCCN1C1CCCC1=O. The van der Waals surface area contributed by atoms with Crippen LogP contribution in [0.15, 0.2) is 0 Å². The Bertz CT molecular complexity index is 240. The van der Waals surface area contributed by atoms with Crippen LogP contribution >= 0.6 is 0 Å². The molecule has 1 heterocycles. The molecule has 0 spiro atoms. The third-order valence-electron chi connectivity index (χ3n) is 3.71. The van der Waals surface area contributed by atoms with Gasteiger partial charge in [0.1, 0.15) is 5.78 Å². The lowest BCUT2D eigenvalue weighted by molar-refractivity contribution is -0.122. The van der Waals surface area contributed by atoms with Gasteiger partial charge in [-0.1, -0.05) is 0 Å². The molecular weight excluding hydrogens is 190 g/mol. The molecule has 0 radical (unpaired) electrons. The molecule has 3 atom stereocenters. The van der Waals surface area contributed by atoms with Crippen molar-refractivity contribution in [3.05, 3.63) is 0 Å². The third kappa shape index (κ3) is 2.40. The molecule has 1 aliphatic heterocycles. The van der Waals surface area contributed by atoms with Crippen LogP contribution in [-0.4, -0.2) is 40.5 Å². The van der Waals surface area contributed by atoms with Crippen LogP contribution in [0.3, 0.4) is 0 Å². The number of aliphatic hydroxyl groups excluding tert-OH is 1. The maximum atomic E-state index is 11.7. The summed E-state index contributed by atoms with van der Waals surface area (Å²) in [6, 6.07) is 0.619. The van der Waals surface area contributed by atoms with E-state index in [4.69, 9.17) is 0 Å². The van der Waals surface area contributed by atoms with E-state index in [1.165, 1.54) is 6.42 Å². The number of hydrogen-bond donors (Lipinski definition) is 1. The Balaban J connectivity index is 1.97. The zero-order valence-electron chi connectivity index (χ0n) is 9.48. The number of rotatable bonds is 3. The van der Waals surface area contributed by atoms with Crippen molar-refractivity contribution >= 4 is 5.78 Å². The maximum absolute atomic E-state index is 11.7. The van der Waals surface area contributed by atoms with Crippen LogP contribution in [-0.2, 0) is 4.79 Å². The molecule has 1 aliphatic carbocycles. The molecule has 0 aromatic carbocycles. The number of carbonyl (C=O) groups is 1. The van der Waals surface area contributed by atoms with Crippen molar-refractivity contribution in [2.24, 2.45) is 0 Å². The zero-order chi connectivity index (χ0) is 10.8. The number of carbonyl (C=O) groups excluding carboxylic acids is 1. The van der Waals surface area contributed by atoms with Crippen LogP contribution < -0.4 is 0 Å². The minimum Gasteiger partial charge on any atom is -0.393 e. The number of hydrogen-bond acceptors (Lipinski definition) is 3. The van der Waals surface area contributed by atoms with Gasteiger partial charge in [-0.15, -0.1) is 0 Å². The highest BCUT2D eigenvalue weighted by Gasteiger charge is 2.36. The number of ketones is 1. The largest absolute Gasteiger partial charge is 0.393 e. The summed E-state index contributed by atoms with van der Waals surface area (Å²) in [5.41, 5.74) is 0. The van der Waals surface area contributed by atoms with Crippen LogP contribution in [0.2, 0.25) is 0 Å². The quantitative estimate of drug-likeness (QED) is 0.766. The zero-order valence-corrected chi connectivity index (χ0v) is 9.48. The van der Waals surface area contributed by atoms with Gasteiger partial charge < -0.3 is 5.11 Å². The summed E-state index contributed by atoms with van der Waals surface area (Å²) >= 11 is 0. The topological polar surface area (TPSA) is 40.5 Å². The van der Waals surface area contributed by atoms with Crippen LogP contribution in [0.4, 0.5) is 0 Å². The molecule has 0 bridgehead atoms. The van der Waals surface area contributed by atoms with Gasteiger partial charge >= 0.3 is 0 Å². The van der Waals surface area contributed by atoms with E-state index in [-0.39, 0.29) is 12.1 Å². The van der Waals surface area contributed by atoms with Gasteiger partial charge in [0.15, 0.2) is 0 Å². The fourth-order valence-electron chi connectivity index (χ4n) is 3.06. The first kappa shape index (κ1) is 11.1. The van der Waals surface area contributed by atoms with E-state index >= 15 is 0 Å². The fraction of sp³-hybridized carbons (Fsp3) is 0.917. The Morgan fingerprint density at radius 3 is 2.87 bits per heavy atom. The van der Waals surface area contributed by atoms with Crippen molar-refractivity contribution in [1.29, 1.82) is 0 Å². The molecule has 2 aliphatic rings. The standard InChI is InChI=1S/C12H21NO2/c1-9(14)8-10-4-3-7-13(10)11-5-2-6-12(11)15/h9-11,14H,2-8H2,1H3. The second-order valence-electron chi connectivity index (χ2n) is 4.99. The molecule has 0 amide bonds. The minimum atomic E-state index is -0.243. The molecule has 15 heavy (non-hydrogen) atoms. The Kier molecular flexibility index (Phi) is 3.42. The van der Waals surface area contributed by atoms with E-state index in [2.05, 4.69) is 4.90 Å². The minimum absolute atomic E-state index is 0.177. The lowest BCUT2D eigenvalue weighted by Gasteiger charge is -2.30. The van der Waals surface area contributed by atoms with Crippen LogP contribution in [0, 0.1) is 0 Å². The summed E-state index contributed by atoms with van der Waals surface area (Å²) < 4.78 is 0. The van der Waals surface area contributed by atoms with E-state index < -0.39 is 0 Å². The van der Waals surface area contributed by atoms with Crippen molar-refractivity contribution in [3.63, 3.8) is 0 Å². The van der Waals surface area contributed by atoms with Crippen LogP contribution in [0.5, 0.6) is 0 Å². The predicted molar refractivity (Wildman–Crippen MR) is 58.7 cm³/mol. The molecule has 3 unspecified atom stereocenters. The second kappa shape index (κ2) is 4.62. The van der Waals surface area contributed by atoms with Gasteiger partial charge in [-0.05, 0) is 45.6 Å². The molecule has 0 aromatic heterocycles. The van der Waals surface area contributed by atoms with Crippen LogP contribution in [0.1, 0.15) is 45.4 Å². The Morgan fingerprint density at radius 2 is 2.27 bits per heavy atom. The van der Waals surface area contributed by atoms with Gasteiger partial charge in [0.05, 0.1) is 12.1 Å². The monoisotopic (exact) mass is 211 g/mol. The van der Waals surface area contributed by atoms with Gasteiger partial charge in [0.25, 0.3) is 0 Å². The van der Waals surface area contributed by atoms with Gasteiger partial charge in [-0.3, -0.25) is 9.69 Å². The molecule has 2 fully saturated rings. The maximum Gasteiger partial charge on any atom is 0.149 e. The molecule has 86 valence electrons. The molecule has 3 heteroatoms. The predicted octanol–water partition coefficient (Wildman–Crippen LogP) is 1.34. The molecular formula is C12H21NO2. The highest BCUT2D eigenvalue weighted by atomic mass is 16.3. The van der Waals surface area contributed by atoms with E-state index in [1.807, 2.05) is 6.92 Å². The molecule has 3 nitrogen and oxygen atoms in total. The number of aliphatic hydroxyl groups is 1. The molecule has 2 rings (SSSR count). The van der Waals surface area contributed by atoms with Crippen molar-refractivity contribution in [2.45, 2.75) is 63.6 Å². The van der Waals surface area contributed by atoms with Crippen molar-refractivity contribution in [1.82, 2.24) is 4.90 Å². The van der Waals surface area contributed by atoms with Gasteiger partial charge in [0, 0.05) is 12.5 Å². The fourth-order valence-corrected chi connectivity index (χ4v) is 3.06. The van der Waals surface area contributed by atoms with Crippen molar-refractivity contribution in [2.75, 3.05) is 6.54 Å². The van der Waals surface area contributed by atoms with Crippen LogP contribution in [0.25, 0.3) is 0 Å². The van der Waals surface area contributed by atoms with Gasteiger partial charge in [-0.2, -0.15) is 0 Å². The Labute approximate surface area is 91.5 Å². The second-order valence-corrected chi connectivity index (χ2v) is 4.99. The summed E-state index contributed by atoms with van der Waals surface area (Å²) in [5.74, 6) is 0.424. The average molecular weight is 211 g/mol. The first-order chi connectivity index (χ1) is 7.18. The summed E-state index contributed by atoms with van der Waals surface area (Å²) in [4.78, 5) is 14.0. The first-order valence-corrected chi connectivity index (χ1v) is 6.15. The third-order valence-corrected chi connectivity index (χ3v) is 3.71. The molecule has 1 saturated carbocycles. The summed E-state index contributed by atoms with van der Waals surface area (Å²) in [6.07, 6.45) is 5.77. The van der Waals surface area contributed by atoms with Gasteiger partial charge in [-0.25, -0.2) is 0 Å². The average Bonchev–Trinajstić information content (AvgIpc) is 2.73. The van der Waals surface area contributed by atoms with E-state index in [0.29, 0.717) is 11.8 Å². The number of nitrogens with zero attached hydrogens (tertiary/aromatic N) is 1. The van der Waals surface area contributed by atoms with Crippen molar-refractivity contribution < 1.29 is 9.90 Å². The number of Topliss-reactive ketones (excluding diaryl/α,β-unsaturated/α-hetero) is 1. The molecule has 0 aromatic rings. The molecule has 1 saturated heterocycles. The molecule has 1 N–H and O–H groups in total. The number of likely N-dealkylation sites (tertiary alicyclic amines) is 1.